The summed E-state index contributed by atoms with van der Waals surface area (Å²) in [5.41, 5.74) is -0.0389. The maximum atomic E-state index is 11.9. The fourth-order valence-electron chi connectivity index (χ4n) is 2.46. The Balaban J connectivity index is 2.53. The van der Waals surface area contributed by atoms with Crippen molar-refractivity contribution in [2.24, 2.45) is 0 Å². The van der Waals surface area contributed by atoms with Gasteiger partial charge in [-0.25, -0.2) is 4.79 Å². The lowest BCUT2D eigenvalue weighted by atomic mass is 10.0. The molecule has 1 saturated heterocycles. The zero-order valence-corrected chi connectivity index (χ0v) is 11.4. The number of nitro groups is 1. The first-order valence-electron chi connectivity index (χ1n) is 6.51. The Morgan fingerprint density at radius 1 is 1.57 bits per heavy atom. The highest BCUT2D eigenvalue weighted by atomic mass is 16.6. The van der Waals surface area contributed by atoms with E-state index in [2.05, 4.69) is 5.32 Å². The van der Waals surface area contributed by atoms with Crippen LogP contribution in [0, 0.1) is 10.1 Å². The van der Waals surface area contributed by atoms with Crippen LogP contribution in [-0.2, 0) is 4.79 Å². The fourth-order valence-corrected chi connectivity index (χ4v) is 2.46. The largest absolute Gasteiger partial charge is 0.478 e. The number of benzene rings is 1. The second kappa shape index (κ2) is 5.78. The number of nitro benzene ring substituents is 1. The van der Waals surface area contributed by atoms with Gasteiger partial charge < -0.3 is 15.3 Å². The minimum Gasteiger partial charge on any atom is -0.478 e. The fraction of sp³-hybridized carbons (Fsp3) is 0.385. The van der Waals surface area contributed by atoms with Gasteiger partial charge in [0.1, 0.15) is 6.04 Å². The van der Waals surface area contributed by atoms with E-state index in [1.54, 1.807) is 11.8 Å². The average molecular weight is 293 g/mol. The van der Waals surface area contributed by atoms with Crippen molar-refractivity contribution < 1.29 is 19.6 Å². The lowest BCUT2D eigenvalue weighted by Crippen LogP contribution is -2.55. The number of carbonyl (C=O) groups is 2. The molecule has 1 amide bonds. The van der Waals surface area contributed by atoms with Gasteiger partial charge in [-0.15, -0.1) is 0 Å². The summed E-state index contributed by atoms with van der Waals surface area (Å²) in [6, 6.07) is 3.04. The summed E-state index contributed by atoms with van der Waals surface area (Å²) in [5, 5.41) is 22.9. The van der Waals surface area contributed by atoms with Crippen molar-refractivity contribution in [3.8, 4) is 0 Å². The van der Waals surface area contributed by atoms with Gasteiger partial charge in [-0.05, 0) is 12.5 Å². The zero-order valence-electron chi connectivity index (χ0n) is 11.4. The number of hydrogen-bond acceptors (Lipinski definition) is 5. The van der Waals surface area contributed by atoms with Crippen molar-refractivity contribution in [3.63, 3.8) is 0 Å². The highest BCUT2D eigenvalue weighted by Crippen LogP contribution is 2.29. The van der Waals surface area contributed by atoms with Crippen LogP contribution in [-0.4, -0.2) is 41.0 Å². The zero-order chi connectivity index (χ0) is 15.6. The Hall–Kier alpha value is -2.64. The number of piperazine rings is 1. The topological polar surface area (TPSA) is 113 Å². The normalized spacial score (nSPS) is 18.2. The lowest BCUT2D eigenvalue weighted by molar-refractivity contribution is -0.384. The first-order valence-corrected chi connectivity index (χ1v) is 6.51. The number of hydrogen-bond donors (Lipinski definition) is 2. The van der Waals surface area contributed by atoms with E-state index in [9.17, 15) is 24.8 Å². The number of anilines is 1. The van der Waals surface area contributed by atoms with E-state index in [4.69, 9.17) is 0 Å². The molecule has 1 aliphatic rings. The third-order valence-corrected chi connectivity index (χ3v) is 3.45. The molecule has 2 N–H and O–H groups in total. The Morgan fingerprint density at radius 3 is 2.86 bits per heavy atom. The molecule has 21 heavy (non-hydrogen) atoms. The van der Waals surface area contributed by atoms with Crippen LogP contribution >= 0.6 is 0 Å². The maximum Gasteiger partial charge on any atom is 0.337 e. The van der Waals surface area contributed by atoms with Crippen LogP contribution in [0.25, 0.3) is 0 Å². The molecule has 0 spiro atoms. The maximum absolute atomic E-state index is 11.9. The molecule has 0 radical (unpaired) electrons. The smallest absolute Gasteiger partial charge is 0.337 e. The third kappa shape index (κ3) is 2.78. The van der Waals surface area contributed by atoms with Crippen molar-refractivity contribution in [2.45, 2.75) is 19.4 Å². The van der Waals surface area contributed by atoms with Crippen molar-refractivity contribution in [2.75, 3.05) is 18.0 Å². The summed E-state index contributed by atoms with van der Waals surface area (Å²) in [4.78, 5) is 35.1. The molecule has 1 aromatic rings. The molecule has 1 aliphatic heterocycles. The van der Waals surface area contributed by atoms with Gasteiger partial charge in [0.25, 0.3) is 5.69 Å². The van der Waals surface area contributed by atoms with Gasteiger partial charge in [0, 0.05) is 25.2 Å². The van der Waals surface area contributed by atoms with Crippen molar-refractivity contribution in [1.82, 2.24) is 5.32 Å². The van der Waals surface area contributed by atoms with E-state index in [0.717, 1.165) is 6.07 Å². The Labute approximate surface area is 120 Å². The predicted octanol–water partition coefficient (Wildman–Crippen LogP) is 1.01. The summed E-state index contributed by atoms with van der Waals surface area (Å²) < 4.78 is 0. The average Bonchev–Trinajstić information content (AvgIpc) is 2.46. The van der Waals surface area contributed by atoms with Crippen molar-refractivity contribution in [1.29, 1.82) is 0 Å². The van der Waals surface area contributed by atoms with Crippen LogP contribution in [0.15, 0.2) is 18.2 Å². The number of rotatable bonds is 4. The quantitative estimate of drug-likeness (QED) is 0.632. The summed E-state index contributed by atoms with van der Waals surface area (Å²) in [5.74, 6) is -1.38. The number of non-ortho nitro benzene ring substituents is 1. The third-order valence-electron chi connectivity index (χ3n) is 3.45. The highest BCUT2D eigenvalue weighted by molar-refractivity contribution is 5.97. The number of carbonyl (C=O) groups excluding carboxylic acids is 1. The van der Waals surface area contributed by atoms with Crippen LogP contribution in [0.2, 0.25) is 0 Å². The second-order valence-corrected chi connectivity index (χ2v) is 4.67. The number of aromatic carboxylic acids is 1. The molecular weight excluding hydrogens is 278 g/mol. The van der Waals surface area contributed by atoms with Gasteiger partial charge in [0.05, 0.1) is 16.2 Å². The minimum atomic E-state index is -1.18. The Bertz CT molecular complexity index is 601. The number of nitrogens with zero attached hydrogens (tertiary/aromatic N) is 2. The lowest BCUT2D eigenvalue weighted by Gasteiger charge is -2.36. The number of carboxylic acids is 1. The molecule has 112 valence electrons. The molecule has 1 atom stereocenters. The number of nitrogens with one attached hydrogen (secondary N) is 1. The molecular formula is C13H15N3O5. The number of carboxylic acid groups (broad SMARTS) is 1. The molecule has 1 unspecified atom stereocenters. The van der Waals surface area contributed by atoms with Crippen molar-refractivity contribution >= 4 is 23.3 Å². The van der Waals surface area contributed by atoms with Gasteiger partial charge >= 0.3 is 5.97 Å². The predicted molar refractivity (Wildman–Crippen MR) is 74.5 cm³/mol. The van der Waals surface area contributed by atoms with E-state index in [1.165, 1.54) is 12.1 Å². The van der Waals surface area contributed by atoms with Gasteiger partial charge in [-0.1, -0.05) is 6.92 Å². The van der Waals surface area contributed by atoms with Crippen LogP contribution < -0.4 is 10.2 Å². The molecule has 1 aromatic carbocycles. The summed E-state index contributed by atoms with van der Waals surface area (Å²) in [7, 11) is 0. The van der Waals surface area contributed by atoms with Gasteiger partial charge in [-0.2, -0.15) is 0 Å². The Morgan fingerprint density at radius 2 is 2.29 bits per heavy atom. The standard InChI is InChI=1S/C13H15N3O5/c1-2-10-12(17)14-5-6-15(10)11-7-8(16(20)21)3-4-9(11)13(18)19/h3-4,7,10H,2,5-6H2,1H3,(H,14,17)(H,18,19). The number of amides is 1. The molecule has 8 nitrogen and oxygen atoms in total. The Kier molecular flexibility index (Phi) is 4.06. The van der Waals surface area contributed by atoms with Crippen LogP contribution in [0.5, 0.6) is 0 Å². The van der Waals surface area contributed by atoms with Crippen molar-refractivity contribution in [3.05, 3.63) is 33.9 Å². The molecule has 2 rings (SSSR count). The van der Waals surface area contributed by atoms with E-state index in [0.29, 0.717) is 19.5 Å². The summed E-state index contributed by atoms with van der Waals surface area (Å²) in [6.45, 7) is 2.59. The van der Waals surface area contributed by atoms with E-state index >= 15 is 0 Å². The monoisotopic (exact) mass is 293 g/mol. The molecule has 1 fully saturated rings. The summed E-state index contributed by atoms with van der Waals surface area (Å²) in [6.07, 6.45) is 0.480. The molecule has 0 aliphatic carbocycles. The van der Waals surface area contributed by atoms with Gasteiger partial charge in [0.2, 0.25) is 5.91 Å². The van der Waals surface area contributed by atoms with Crippen LogP contribution in [0.1, 0.15) is 23.7 Å². The summed E-state index contributed by atoms with van der Waals surface area (Å²) >= 11 is 0. The first-order chi connectivity index (χ1) is 9.95. The van der Waals surface area contributed by atoms with Crippen LogP contribution in [0.3, 0.4) is 0 Å². The molecule has 1 heterocycles. The van der Waals surface area contributed by atoms with E-state index < -0.39 is 16.9 Å². The molecule has 0 aromatic heterocycles. The molecule has 8 heteroatoms. The molecule has 0 saturated carbocycles. The van der Waals surface area contributed by atoms with E-state index in [1.807, 2.05) is 0 Å². The van der Waals surface area contributed by atoms with Gasteiger partial charge in [-0.3, -0.25) is 14.9 Å². The van der Waals surface area contributed by atoms with Gasteiger partial charge in [0.15, 0.2) is 0 Å². The molecule has 0 bridgehead atoms. The SMILES string of the molecule is CCC1C(=O)NCCN1c1cc([N+](=O)[O-])ccc1C(=O)O. The highest BCUT2D eigenvalue weighted by Gasteiger charge is 2.31. The second-order valence-electron chi connectivity index (χ2n) is 4.67. The first kappa shape index (κ1) is 14.8. The minimum absolute atomic E-state index is 0.0475. The van der Waals surface area contributed by atoms with E-state index in [-0.39, 0.29) is 22.8 Å². The van der Waals surface area contributed by atoms with Crippen LogP contribution in [0.4, 0.5) is 11.4 Å².